The first-order valence-corrected chi connectivity index (χ1v) is 14.4. The molecule has 1 N–H and O–H groups in total. The minimum atomic E-state index is -4.28. The highest BCUT2D eigenvalue weighted by molar-refractivity contribution is 7.92. The highest BCUT2D eigenvalue weighted by Gasteiger charge is 2.33. The van der Waals surface area contributed by atoms with Gasteiger partial charge in [-0.1, -0.05) is 48.4 Å². The van der Waals surface area contributed by atoms with Crippen molar-refractivity contribution in [3.8, 4) is 11.5 Å². The first kappa shape index (κ1) is 30.8. The van der Waals surface area contributed by atoms with E-state index in [0.717, 1.165) is 15.4 Å². The third-order valence-corrected chi connectivity index (χ3v) is 8.46. The monoisotopic (exact) mass is 587 g/mol. The van der Waals surface area contributed by atoms with Crippen LogP contribution in [0.4, 0.5) is 5.69 Å². The summed E-state index contributed by atoms with van der Waals surface area (Å²) in [6.07, 6.45) is 0.334. The minimum Gasteiger partial charge on any atom is -0.493 e. The summed E-state index contributed by atoms with van der Waals surface area (Å²) in [4.78, 5) is 28.1. The van der Waals surface area contributed by atoms with Gasteiger partial charge >= 0.3 is 0 Å². The average molecular weight is 588 g/mol. The highest BCUT2D eigenvalue weighted by atomic mass is 35.5. The predicted octanol–water partition coefficient (Wildman–Crippen LogP) is 4.41. The van der Waals surface area contributed by atoms with Crippen molar-refractivity contribution in [1.29, 1.82) is 0 Å². The van der Waals surface area contributed by atoms with Gasteiger partial charge in [0, 0.05) is 24.7 Å². The maximum atomic E-state index is 14.0. The Kier molecular flexibility index (Phi) is 10.4. The van der Waals surface area contributed by atoms with Gasteiger partial charge in [-0.25, -0.2) is 8.42 Å². The largest absolute Gasteiger partial charge is 0.493 e. The number of nitrogens with zero attached hydrogens (tertiary/aromatic N) is 2. The molecule has 0 aliphatic carbocycles. The van der Waals surface area contributed by atoms with Crippen LogP contribution in [-0.2, 0) is 26.2 Å². The standard InChI is InChI=1S/C29H34ClN3O6S/c1-6-25(29(35)31-3)32(18-21-9-7-20(2)8-10-21)28(34)19-33(23-13-11-22(30)12-14-23)40(36,37)24-15-16-26(38-4)27(17-24)39-5/h7-17,25H,6,18-19H2,1-5H3,(H,31,35)/t25-/m0/s1. The van der Waals surface area contributed by atoms with Crippen molar-refractivity contribution in [2.45, 2.75) is 37.8 Å². The van der Waals surface area contributed by atoms with E-state index in [1.54, 1.807) is 19.1 Å². The number of nitrogens with one attached hydrogen (secondary N) is 1. The molecule has 0 spiro atoms. The molecule has 0 bridgehead atoms. The molecule has 0 aliphatic heterocycles. The maximum absolute atomic E-state index is 14.0. The summed E-state index contributed by atoms with van der Waals surface area (Å²) in [7, 11) is 0.0703. The summed E-state index contributed by atoms with van der Waals surface area (Å²) < 4.78 is 39.6. The number of sulfonamides is 1. The van der Waals surface area contributed by atoms with Crippen LogP contribution in [-0.4, -0.2) is 59.0 Å². The Morgan fingerprint density at radius 1 is 0.950 bits per heavy atom. The smallest absolute Gasteiger partial charge is 0.264 e. The van der Waals surface area contributed by atoms with Gasteiger partial charge in [-0.15, -0.1) is 0 Å². The first-order chi connectivity index (χ1) is 19.0. The van der Waals surface area contributed by atoms with E-state index >= 15 is 0 Å². The van der Waals surface area contributed by atoms with Gasteiger partial charge in [-0.2, -0.15) is 0 Å². The van der Waals surface area contributed by atoms with E-state index in [0.29, 0.717) is 17.2 Å². The Hall–Kier alpha value is -3.76. The normalized spacial score (nSPS) is 11.8. The number of ether oxygens (including phenoxy) is 2. The van der Waals surface area contributed by atoms with Gasteiger partial charge in [0.2, 0.25) is 11.8 Å². The Balaban J connectivity index is 2.08. The second kappa shape index (κ2) is 13.5. The van der Waals surface area contributed by atoms with Crippen LogP contribution < -0.4 is 19.1 Å². The van der Waals surface area contributed by atoms with Crippen LogP contribution in [0.2, 0.25) is 5.02 Å². The van der Waals surface area contributed by atoms with Gasteiger partial charge in [0.05, 0.1) is 24.8 Å². The second-order valence-corrected chi connectivity index (χ2v) is 11.3. The number of amides is 2. The lowest BCUT2D eigenvalue weighted by Gasteiger charge is -2.33. The average Bonchev–Trinajstić information content (AvgIpc) is 2.96. The van der Waals surface area contributed by atoms with Crippen LogP contribution in [0, 0.1) is 6.92 Å². The lowest BCUT2D eigenvalue weighted by Crippen LogP contribution is -2.51. The summed E-state index contributed by atoms with van der Waals surface area (Å²) >= 11 is 6.07. The van der Waals surface area contributed by atoms with E-state index in [9.17, 15) is 18.0 Å². The van der Waals surface area contributed by atoms with Crippen molar-refractivity contribution < 1.29 is 27.5 Å². The number of likely N-dealkylation sites (N-methyl/N-ethyl adjacent to an activating group) is 1. The van der Waals surface area contributed by atoms with Crippen LogP contribution in [0.5, 0.6) is 11.5 Å². The lowest BCUT2D eigenvalue weighted by molar-refractivity contribution is -0.140. The number of anilines is 1. The molecule has 3 aromatic rings. The number of benzene rings is 3. The molecule has 0 aliphatic rings. The SMILES string of the molecule is CC[C@@H](C(=O)NC)N(Cc1ccc(C)cc1)C(=O)CN(c1ccc(Cl)cc1)S(=O)(=O)c1ccc(OC)c(OC)c1. The van der Waals surface area contributed by atoms with Gasteiger partial charge in [0.1, 0.15) is 12.6 Å². The molecule has 40 heavy (non-hydrogen) atoms. The molecule has 0 heterocycles. The molecule has 0 unspecified atom stereocenters. The second-order valence-electron chi connectivity index (χ2n) is 9.05. The molecular formula is C29H34ClN3O6S. The van der Waals surface area contributed by atoms with Gasteiger partial charge in [-0.05, 0) is 55.3 Å². The number of aryl methyl sites for hydroxylation is 1. The van der Waals surface area contributed by atoms with Crippen molar-refractivity contribution in [2.24, 2.45) is 0 Å². The van der Waals surface area contributed by atoms with Crippen LogP contribution >= 0.6 is 11.6 Å². The molecule has 9 nitrogen and oxygen atoms in total. The lowest BCUT2D eigenvalue weighted by atomic mass is 10.1. The first-order valence-electron chi connectivity index (χ1n) is 12.6. The summed E-state index contributed by atoms with van der Waals surface area (Å²) in [5.74, 6) is -0.312. The number of carbonyl (C=O) groups excluding carboxylic acids is 2. The van der Waals surface area contributed by atoms with Gasteiger partial charge in [0.15, 0.2) is 11.5 Å². The zero-order valence-electron chi connectivity index (χ0n) is 23.2. The third-order valence-electron chi connectivity index (χ3n) is 6.44. The molecule has 214 valence electrons. The van der Waals surface area contributed by atoms with Crippen LogP contribution in [0.3, 0.4) is 0 Å². The number of methoxy groups -OCH3 is 2. The molecule has 2 amide bonds. The zero-order chi connectivity index (χ0) is 29.4. The number of hydrogen-bond acceptors (Lipinski definition) is 6. The van der Waals surface area contributed by atoms with E-state index < -0.39 is 28.5 Å². The summed E-state index contributed by atoms with van der Waals surface area (Å²) in [5.41, 5.74) is 2.09. The predicted molar refractivity (Wildman–Crippen MR) is 155 cm³/mol. The fourth-order valence-electron chi connectivity index (χ4n) is 4.22. The number of halogens is 1. The van der Waals surface area contributed by atoms with Crippen molar-refractivity contribution in [3.63, 3.8) is 0 Å². The van der Waals surface area contributed by atoms with E-state index in [-0.39, 0.29) is 28.8 Å². The van der Waals surface area contributed by atoms with Gasteiger partial charge in [0.25, 0.3) is 10.0 Å². The zero-order valence-corrected chi connectivity index (χ0v) is 24.8. The van der Waals surface area contributed by atoms with Crippen molar-refractivity contribution in [3.05, 3.63) is 82.9 Å². The summed E-state index contributed by atoms with van der Waals surface area (Å²) in [6.45, 7) is 3.31. The van der Waals surface area contributed by atoms with Crippen LogP contribution in [0.25, 0.3) is 0 Å². The maximum Gasteiger partial charge on any atom is 0.264 e. The van der Waals surface area contributed by atoms with Crippen LogP contribution in [0.15, 0.2) is 71.6 Å². The van der Waals surface area contributed by atoms with Crippen molar-refractivity contribution >= 4 is 39.1 Å². The quantitative estimate of drug-likeness (QED) is 0.336. The Morgan fingerprint density at radius 3 is 2.12 bits per heavy atom. The summed E-state index contributed by atoms with van der Waals surface area (Å²) in [5, 5.41) is 3.02. The van der Waals surface area contributed by atoms with E-state index in [1.165, 1.54) is 56.5 Å². The molecule has 1 atom stereocenters. The molecule has 3 rings (SSSR count). The molecule has 11 heteroatoms. The van der Waals surface area contributed by atoms with E-state index in [2.05, 4.69) is 5.32 Å². The Morgan fingerprint density at radius 2 is 1.57 bits per heavy atom. The molecule has 0 aromatic heterocycles. The molecule has 0 fully saturated rings. The van der Waals surface area contributed by atoms with Gasteiger partial charge in [-0.3, -0.25) is 13.9 Å². The molecule has 3 aromatic carbocycles. The fourth-order valence-corrected chi connectivity index (χ4v) is 5.77. The molecule has 0 saturated carbocycles. The van der Waals surface area contributed by atoms with E-state index in [1.807, 2.05) is 31.2 Å². The number of hydrogen-bond donors (Lipinski definition) is 1. The highest BCUT2D eigenvalue weighted by Crippen LogP contribution is 2.32. The van der Waals surface area contributed by atoms with Crippen LogP contribution in [0.1, 0.15) is 24.5 Å². The van der Waals surface area contributed by atoms with E-state index in [4.69, 9.17) is 21.1 Å². The topological polar surface area (TPSA) is 105 Å². The molecule has 0 radical (unpaired) electrons. The summed E-state index contributed by atoms with van der Waals surface area (Å²) in [6, 6.07) is 17.1. The fraction of sp³-hybridized carbons (Fsp3) is 0.310. The number of rotatable bonds is 12. The third kappa shape index (κ3) is 7.05. The molecule has 0 saturated heterocycles. The van der Waals surface area contributed by atoms with Crippen molar-refractivity contribution in [2.75, 3.05) is 32.1 Å². The van der Waals surface area contributed by atoms with Gasteiger partial charge < -0.3 is 19.7 Å². The minimum absolute atomic E-state index is 0.101. The van der Waals surface area contributed by atoms with Crippen molar-refractivity contribution in [1.82, 2.24) is 10.2 Å². The molecular weight excluding hydrogens is 554 g/mol. The Labute approximate surface area is 240 Å². The Bertz CT molecular complexity index is 1430. The number of carbonyl (C=O) groups is 2.